The summed E-state index contributed by atoms with van der Waals surface area (Å²) in [5, 5.41) is 0. The van der Waals surface area contributed by atoms with Gasteiger partial charge in [-0.15, -0.1) is 0 Å². The van der Waals surface area contributed by atoms with Crippen molar-refractivity contribution in [3.05, 3.63) is 60.2 Å². The van der Waals surface area contributed by atoms with Crippen molar-refractivity contribution in [2.24, 2.45) is 5.84 Å². The molecule has 0 aliphatic carbocycles. The molecule has 4 heteroatoms. The smallest absolute Gasteiger partial charge is 0.161 e. The van der Waals surface area contributed by atoms with Gasteiger partial charge in [-0.2, -0.15) is 0 Å². The molecule has 3 rings (SSSR count). The van der Waals surface area contributed by atoms with Crippen LogP contribution in [0.2, 0.25) is 0 Å². The van der Waals surface area contributed by atoms with Crippen LogP contribution in [0.15, 0.2) is 54.6 Å². The standard InChI is InChI=1S/C16H18N2O2/c17-18-13(10-12-6-2-1-3-7-12)16-11-19-14-8-4-5-9-15(14)20-16/h1-9,13,16,18H,10-11,17H2. The molecule has 0 amide bonds. The van der Waals surface area contributed by atoms with Crippen molar-refractivity contribution in [2.75, 3.05) is 6.61 Å². The van der Waals surface area contributed by atoms with Crippen molar-refractivity contribution in [1.82, 2.24) is 5.43 Å². The Kier molecular flexibility index (Phi) is 3.85. The fraction of sp³-hybridized carbons (Fsp3) is 0.250. The predicted molar refractivity (Wildman–Crippen MR) is 77.6 cm³/mol. The molecule has 0 spiro atoms. The van der Waals surface area contributed by atoms with Gasteiger partial charge >= 0.3 is 0 Å². The SMILES string of the molecule is NNC(Cc1ccccc1)C1COc2ccccc2O1. The Labute approximate surface area is 118 Å². The van der Waals surface area contributed by atoms with Gasteiger partial charge in [0, 0.05) is 0 Å². The van der Waals surface area contributed by atoms with E-state index in [0.29, 0.717) is 6.61 Å². The second kappa shape index (κ2) is 5.94. The van der Waals surface area contributed by atoms with Crippen LogP contribution in [0.1, 0.15) is 5.56 Å². The first-order valence-electron chi connectivity index (χ1n) is 6.75. The van der Waals surface area contributed by atoms with Crippen molar-refractivity contribution in [3.8, 4) is 11.5 Å². The van der Waals surface area contributed by atoms with E-state index in [1.165, 1.54) is 5.56 Å². The van der Waals surface area contributed by atoms with Gasteiger partial charge in [-0.25, -0.2) is 0 Å². The maximum absolute atomic E-state index is 5.99. The van der Waals surface area contributed by atoms with E-state index < -0.39 is 0 Å². The van der Waals surface area contributed by atoms with Gasteiger partial charge in [0.1, 0.15) is 12.7 Å². The van der Waals surface area contributed by atoms with Gasteiger partial charge in [-0.1, -0.05) is 42.5 Å². The van der Waals surface area contributed by atoms with Gasteiger partial charge in [0.2, 0.25) is 0 Å². The number of hydrogen-bond donors (Lipinski definition) is 2. The van der Waals surface area contributed by atoms with Crippen LogP contribution in [0, 0.1) is 0 Å². The molecule has 20 heavy (non-hydrogen) atoms. The number of hydrogen-bond acceptors (Lipinski definition) is 4. The number of nitrogens with two attached hydrogens (primary N) is 1. The Morgan fingerprint density at radius 2 is 1.75 bits per heavy atom. The molecule has 104 valence electrons. The van der Waals surface area contributed by atoms with Gasteiger partial charge in [0.15, 0.2) is 11.5 Å². The Balaban J connectivity index is 1.72. The van der Waals surface area contributed by atoms with Gasteiger partial charge in [-0.05, 0) is 24.1 Å². The fourth-order valence-corrected chi connectivity index (χ4v) is 2.40. The lowest BCUT2D eigenvalue weighted by Gasteiger charge is -2.31. The van der Waals surface area contributed by atoms with Crippen LogP contribution in [0.5, 0.6) is 11.5 Å². The summed E-state index contributed by atoms with van der Waals surface area (Å²) in [6.07, 6.45) is 0.697. The highest BCUT2D eigenvalue weighted by Crippen LogP contribution is 2.31. The molecule has 3 N–H and O–H groups in total. The number of rotatable bonds is 4. The Morgan fingerprint density at radius 1 is 1.05 bits per heavy atom. The second-order valence-corrected chi connectivity index (χ2v) is 4.88. The number of para-hydroxylation sites is 2. The molecule has 1 heterocycles. The van der Waals surface area contributed by atoms with Gasteiger partial charge < -0.3 is 9.47 Å². The Bertz CT molecular complexity index is 559. The van der Waals surface area contributed by atoms with Crippen LogP contribution in [-0.2, 0) is 6.42 Å². The minimum atomic E-state index is -0.102. The first-order valence-corrected chi connectivity index (χ1v) is 6.75. The van der Waals surface area contributed by atoms with E-state index in [2.05, 4.69) is 17.6 Å². The highest BCUT2D eigenvalue weighted by Gasteiger charge is 2.28. The van der Waals surface area contributed by atoms with Crippen molar-refractivity contribution < 1.29 is 9.47 Å². The molecule has 2 atom stereocenters. The van der Waals surface area contributed by atoms with Gasteiger partial charge in [0.25, 0.3) is 0 Å². The Morgan fingerprint density at radius 3 is 2.50 bits per heavy atom. The van der Waals surface area contributed by atoms with E-state index in [0.717, 1.165) is 17.9 Å². The third kappa shape index (κ3) is 2.76. The van der Waals surface area contributed by atoms with Crippen molar-refractivity contribution >= 4 is 0 Å². The summed E-state index contributed by atoms with van der Waals surface area (Å²) in [6.45, 7) is 0.499. The highest BCUT2D eigenvalue weighted by molar-refractivity contribution is 5.40. The topological polar surface area (TPSA) is 56.5 Å². The van der Waals surface area contributed by atoms with E-state index in [1.807, 2.05) is 42.5 Å². The van der Waals surface area contributed by atoms with Crippen LogP contribution in [-0.4, -0.2) is 18.8 Å². The number of ether oxygens (including phenoxy) is 2. The monoisotopic (exact) mass is 270 g/mol. The van der Waals surface area contributed by atoms with E-state index in [1.54, 1.807) is 0 Å². The largest absolute Gasteiger partial charge is 0.486 e. The molecular weight excluding hydrogens is 252 g/mol. The molecule has 4 nitrogen and oxygen atoms in total. The van der Waals surface area contributed by atoms with E-state index in [-0.39, 0.29) is 12.1 Å². The molecule has 0 fully saturated rings. The predicted octanol–water partition coefficient (Wildman–Crippen LogP) is 1.90. The molecule has 2 unspecified atom stereocenters. The number of nitrogens with one attached hydrogen (secondary N) is 1. The van der Waals surface area contributed by atoms with Crippen LogP contribution < -0.4 is 20.7 Å². The Hall–Kier alpha value is -2.04. The molecule has 2 aromatic rings. The number of hydrazine groups is 1. The molecule has 0 bridgehead atoms. The summed E-state index contributed by atoms with van der Waals surface area (Å²) in [6, 6.07) is 17.9. The summed E-state index contributed by atoms with van der Waals surface area (Å²) in [4.78, 5) is 0. The van der Waals surface area contributed by atoms with Crippen molar-refractivity contribution in [1.29, 1.82) is 0 Å². The van der Waals surface area contributed by atoms with Gasteiger partial charge in [0.05, 0.1) is 6.04 Å². The zero-order chi connectivity index (χ0) is 13.8. The third-order valence-corrected chi connectivity index (χ3v) is 3.49. The molecular formula is C16H18N2O2. The molecule has 0 aromatic heterocycles. The normalized spacial score (nSPS) is 18.6. The lowest BCUT2D eigenvalue weighted by Crippen LogP contribution is -2.51. The molecule has 0 saturated heterocycles. The quantitative estimate of drug-likeness (QED) is 0.658. The van der Waals surface area contributed by atoms with Crippen molar-refractivity contribution in [3.63, 3.8) is 0 Å². The lowest BCUT2D eigenvalue weighted by atomic mass is 10.0. The van der Waals surface area contributed by atoms with E-state index in [4.69, 9.17) is 15.3 Å². The average Bonchev–Trinajstić information content (AvgIpc) is 2.53. The van der Waals surface area contributed by atoms with Crippen LogP contribution >= 0.6 is 0 Å². The summed E-state index contributed by atoms with van der Waals surface area (Å²) < 4.78 is 11.7. The summed E-state index contributed by atoms with van der Waals surface area (Å²) in [5.74, 6) is 7.25. The first kappa shape index (κ1) is 13.0. The lowest BCUT2D eigenvalue weighted by molar-refractivity contribution is 0.0620. The maximum Gasteiger partial charge on any atom is 0.161 e. The molecule has 1 aliphatic heterocycles. The summed E-state index contributed by atoms with van der Waals surface area (Å²) in [7, 11) is 0. The average molecular weight is 270 g/mol. The number of fused-ring (bicyclic) bond motifs is 1. The summed E-state index contributed by atoms with van der Waals surface area (Å²) >= 11 is 0. The zero-order valence-electron chi connectivity index (χ0n) is 11.2. The fourth-order valence-electron chi connectivity index (χ4n) is 2.40. The van der Waals surface area contributed by atoms with E-state index >= 15 is 0 Å². The molecule has 1 aliphatic rings. The summed E-state index contributed by atoms with van der Waals surface area (Å²) in [5.41, 5.74) is 4.07. The number of benzene rings is 2. The van der Waals surface area contributed by atoms with Crippen LogP contribution in [0.25, 0.3) is 0 Å². The minimum absolute atomic E-state index is 0.00533. The second-order valence-electron chi connectivity index (χ2n) is 4.88. The van der Waals surface area contributed by atoms with Gasteiger partial charge in [-0.3, -0.25) is 11.3 Å². The van der Waals surface area contributed by atoms with Crippen molar-refractivity contribution in [2.45, 2.75) is 18.6 Å². The molecule has 2 aromatic carbocycles. The highest BCUT2D eigenvalue weighted by atomic mass is 16.6. The molecule has 0 radical (unpaired) electrons. The van der Waals surface area contributed by atoms with Crippen LogP contribution in [0.4, 0.5) is 0 Å². The minimum Gasteiger partial charge on any atom is -0.486 e. The first-order chi connectivity index (χ1) is 9.86. The van der Waals surface area contributed by atoms with Crippen LogP contribution in [0.3, 0.4) is 0 Å². The molecule has 0 saturated carbocycles. The maximum atomic E-state index is 5.99. The third-order valence-electron chi connectivity index (χ3n) is 3.49. The van der Waals surface area contributed by atoms with E-state index in [9.17, 15) is 0 Å². The zero-order valence-corrected chi connectivity index (χ0v) is 11.2.